The predicted molar refractivity (Wildman–Crippen MR) is 523 cm³/mol. The Kier molecular flexibility index (Phi) is 30.9. The van der Waals surface area contributed by atoms with Gasteiger partial charge in [-0.1, -0.05) is 189 Å². The van der Waals surface area contributed by atoms with Crippen molar-refractivity contribution in [2.75, 3.05) is 34.4 Å². The quantitative estimate of drug-likeness (QED) is 0.0323. The number of hydrogen-bond donors (Lipinski definition) is 9. The van der Waals surface area contributed by atoms with Crippen LogP contribution in [0.25, 0.3) is 55.2 Å². The largest absolute Gasteiger partial charge is 0.395 e. The van der Waals surface area contributed by atoms with Crippen molar-refractivity contribution < 1.29 is 48.9 Å². The zero-order chi connectivity index (χ0) is 93.2. The maximum atomic E-state index is 13.1. The molecule has 18 rings (SSSR count). The first-order chi connectivity index (χ1) is 64.5. The fraction of sp³-hybridized carbons (Fsp3) is 0.0882. The Labute approximate surface area is 802 Å². The average molecular weight is 1920 g/mol. The van der Waals surface area contributed by atoms with E-state index in [-0.39, 0.29) is 79.7 Å². The summed E-state index contributed by atoms with van der Waals surface area (Å²) in [4.78, 5) is 109. The van der Waals surface area contributed by atoms with Gasteiger partial charge < -0.3 is 52.1 Å². The van der Waals surface area contributed by atoms with Gasteiger partial charge in [0.15, 0.2) is 0 Å². The number of anilines is 4. The number of nitrogens with zero attached hydrogens (tertiary/aromatic N) is 7. The number of carbonyl (C=O) groups excluding carboxylic acids is 7. The topological polar surface area (TPSA) is 333 Å². The summed E-state index contributed by atoms with van der Waals surface area (Å²) in [7, 11) is 0. The van der Waals surface area contributed by atoms with Crippen molar-refractivity contribution in [2.45, 2.75) is 43.7 Å². The number of amides is 7. The SMILES string of the molecule is O=C(N[C@@H]1c2ccccc2C[C@@H]1O)c1ccc(C(=O)Nc2ccc(Cl)c(-c3ccccn3)c2)c(Cl)c1.O=C(N[C@H]1c2ccccc2C[C@H]1O)c1ccc(C(=O)Nc2ccc(Cl)c(-c3ccccn3)c2)c(Cl)c1.O=C(Nc1ccc(Cl)c(-c2ccccn2)c1)c1ccc(C(=O)N(CCO)Cc2ccccc2)cc1Cl.O=C(Nc1ccc(Cl)c(-c2ccccn2)c1)c1ccc2snnc2c1. The molecule has 0 saturated carbocycles. The molecule has 0 spiro atoms. The van der Waals surface area contributed by atoms with Crippen LogP contribution in [-0.2, 0) is 19.4 Å². The molecule has 0 bridgehead atoms. The van der Waals surface area contributed by atoms with Gasteiger partial charge in [-0.25, -0.2) is 0 Å². The van der Waals surface area contributed by atoms with E-state index in [4.69, 9.17) is 81.2 Å². The van der Waals surface area contributed by atoms with Crippen molar-refractivity contribution in [3.8, 4) is 45.0 Å². The highest BCUT2D eigenvalue weighted by atomic mass is 35.5. The van der Waals surface area contributed by atoms with E-state index in [0.29, 0.717) is 113 Å². The van der Waals surface area contributed by atoms with Crippen molar-refractivity contribution in [3.05, 3.63) is 424 Å². The summed E-state index contributed by atoms with van der Waals surface area (Å²) in [5.74, 6) is -2.57. The minimum Gasteiger partial charge on any atom is -0.395 e. The smallest absolute Gasteiger partial charge is 0.257 e. The lowest BCUT2D eigenvalue weighted by molar-refractivity contribution is 0.0706. The first-order valence-corrected chi connectivity index (χ1v) is 44.7. The normalized spacial score (nSPS) is 13.7. The number of nitrogens with one attached hydrogen (secondary N) is 6. The summed E-state index contributed by atoms with van der Waals surface area (Å²) >= 11 is 45.8. The summed E-state index contributed by atoms with van der Waals surface area (Å²) in [6.07, 6.45) is 6.25. The molecule has 2 aliphatic carbocycles. The molecule has 9 N–H and O–H groups in total. The first kappa shape index (κ1) is 93.7. The Balaban J connectivity index is 0.000000137. The zero-order valence-corrected chi connectivity index (χ0v) is 75.9. The minimum atomic E-state index is -0.706. The van der Waals surface area contributed by atoms with Crippen LogP contribution < -0.4 is 31.9 Å². The molecule has 0 aliphatic heterocycles. The summed E-state index contributed by atoms with van der Waals surface area (Å²) in [5.41, 5.74) is 15.4. The summed E-state index contributed by atoms with van der Waals surface area (Å²) in [6.45, 7) is 0.340. The Morgan fingerprint density at radius 2 is 0.699 bits per heavy atom. The molecule has 0 radical (unpaired) electrons. The van der Waals surface area contributed by atoms with Crippen LogP contribution in [0.2, 0.25) is 35.2 Å². The number of carbonyl (C=O) groups is 7. The Morgan fingerprint density at radius 3 is 1.08 bits per heavy atom. The number of aliphatic hydroxyl groups is 3. The summed E-state index contributed by atoms with van der Waals surface area (Å²) in [6, 6.07) is 85.3. The van der Waals surface area contributed by atoms with Crippen LogP contribution >= 0.6 is 92.7 Å². The number of pyridine rings is 4. The molecule has 23 nitrogen and oxygen atoms in total. The molecule has 16 aromatic rings. The third-order valence-electron chi connectivity index (χ3n) is 21.4. The van der Waals surface area contributed by atoms with Gasteiger partial charge in [-0.3, -0.25) is 53.5 Å². The second-order valence-corrected chi connectivity index (χ2v) is 33.9. The van der Waals surface area contributed by atoms with Gasteiger partial charge in [0, 0.05) is 118 Å². The van der Waals surface area contributed by atoms with Gasteiger partial charge in [0.05, 0.1) is 110 Å². The van der Waals surface area contributed by atoms with Gasteiger partial charge in [-0.05, 0) is 233 Å². The number of rotatable bonds is 21. The first-order valence-electron chi connectivity index (χ1n) is 41.3. The lowest BCUT2D eigenvalue weighted by Gasteiger charge is -2.22. The fourth-order valence-electron chi connectivity index (χ4n) is 14.8. The van der Waals surface area contributed by atoms with E-state index in [9.17, 15) is 48.9 Å². The van der Waals surface area contributed by atoms with E-state index >= 15 is 0 Å². The maximum Gasteiger partial charge on any atom is 0.257 e. The van der Waals surface area contributed by atoms with E-state index in [0.717, 1.165) is 43.8 Å². The number of benzene rings is 11. The van der Waals surface area contributed by atoms with E-state index in [1.165, 1.54) is 65.0 Å². The third kappa shape index (κ3) is 23.3. The Bertz CT molecular complexity index is 6780. The molecular formula is C102H76Cl7N13O10S. The van der Waals surface area contributed by atoms with Crippen LogP contribution in [0.15, 0.2) is 322 Å². The second kappa shape index (κ2) is 43.8. The molecule has 11 aromatic carbocycles. The van der Waals surface area contributed by atoms with Gasteiger partial charge in [0.25, 0.3) is 41.4 Å². The third-order valence-corrected chi connectivity index (χ3v) is 24.4. The number of fused-ring (bicyclic) bond motifs is 3. The number of aromatic nitrogens is 6. The van der Waals surface area contributed by atoms with E-state index in [1.807, 2.05) is 164 Å². The predicted octanol–water partition coefficient (Wildman–Crippen LogP) is 22.0. The molecule has 0 unspecified atom stereocenters. The van der Waals surface area contributed by atoms with Crippen molar-refractivity contribution in [3.63, 3.8) is 0 Å². The molecule has 0 saturated heterocycles. The van der Waals surface area contributed by atoms with Gasteiger partial charge >= 0.3 is 0 Å². The average Bonchev–Trinajstić information content (AvgIpc) is 1.64. The van der Waals surface area contributed by atoms with Crippen LogP contribution in [0.3, 0.4) is 0 Å². The number of hydrogen-bond acceptors (Lipinski definition) is 17. The highest BCUT2D eigenvalue weighted by molar-refractivity contribution is 7.12. The van der Waals surface area contributed by atoms with Gasteiger partial charge in [0.1, 0.15) is 5.52 Å². The zero-order valence-electron chi connectivity index (χ0n) is 69.8. The molecule has 4 atom stereocenters. The van der Waals surface area contributed by atoms with Crippen molar-refractivity contribution in [1.82, 2.24) is 45.1 Å². The Hall–Kier alpha value is -14.0. The maximum absolute atomic E-state index is 13.1. The monoisotopic (exact) mass is 1920 g/mol. The summed E-state index contributed by atoms with van der Waals surface area (Å²) in [5, 5.41) is 53.9. The van der Waals surface area contributed by atoms with Crippen LogP contribution in [0.4, 0.5) is 22.7 Å². The van der Waals surface area contributed by atoms with Gasteiger partial charge in [-0.15, -0.1) is 5.10 Å². The highest BCUT2D eigenvalue weighted by Gasteiger charge is 2.35. The molecule has 2 aliphatic rings. The lowest BCUT2D eigenvalue weighted by Crippen LogP contribution is -2.33. The lowest BCUT2D eigenvalue weighted by atomic mass is 10.1. The van der Waals surface area contributed by atoms with Crippen LogP contribution in [0, 0.1) is 0 Å². The van der Waals surface area contributed by atoms with Crippen LogP contribution in [-0.4, -0.2) is 116 Å². The molecule has 5 heterocycles. The van der Waals surface area contributed by atoms with Crippen molar-refractivity contribution >= 4 is 167 Å². The van der Waals surface area contributed by atoms with Crippen LogP contribution in [0.5, 0.6) is 0 Å². The van der Waals surface area contributed by atoms with E-state index in [2.05, 4.69) is 61.4 Å². The molecule has 31 heteroatoms. The molecule has 664 valence electrons. The molecular weight excluding hydrogens is 1850 g/mol. The van der Waals surface area contributed by atoms with E-state index < -0.39 is 42.0 Å². The van der Waals surface area contributed by atoms with Crippen LogP contribution in [0.1, 0.15) is 112 Å². The van der Waals surface area contributed by atoms with Gasteiger partial charge in [0.2, 0.25) is 0 Å². The number of halogens is 7. The van der Waals surface area contributed by atoms with E-state index in [1.54, 1.807) is 110 Å². The van der Waals surface area contributed by atoms with Crippen molar-refractivity contribution in [1.29, 1.82) is 0 Å². The van der Waals surface area contributed by atoms with Gasteiger partial charge in [-0.2, -0.15) is 0 Å². The molecule has 5 aromatic heterocycles. The standard InChI is InChI=1S/2C28H21Cl2N3O3.C28H23Cl2N3O3.C18H11ClN4OS/c2*29-22-11-9-18(15-21(22)24-7-3-4-12-31-24)32-28(36)20-10-8-17(13-23(20)30)27(35)33-26-19-6-2-1-5-16(19)14-25(26)34;29-24-12-10-21(17-23(24)26-8-4-5-13-31-26)32-27(35)22-11-9-20(16-25(22)30)28(36)33(14-15-34)18-19-6-2-1-3-7-19;19-14-6-5-12(10-13(14)15-3-1-2-8-20-15)21-18(24)11-4-7-17-16(9-11)22-23-25-17/h2*1-13,15,25-26,34H,14H2,(H,32,36)(H,33,35);1-13,16-17,34H,14-15,18H2,(H,32,35);1-10H,(H,21,24)/t2*25-,26+;;/m10../s1. The molecule has 0 fully saturated rings. The summed E-state index contributed by atoms with van der Waals surface area (Å²) < 4.78 is 4.82. The minimum absolute atomic E-state index is 0.131. The van der Waals surface area contributed by atoms with Crippen molar-refractivity contribution in [2.24, 2.45) is 0 Å². The highest BCUT2D eigenvalue weighted by Crippen LogP contribution is 2.38. The number of aliphatic hydroxyl groups excluding tert-OH is 3. The second-order valence-electron chi connectivity index (χ2n) is 30.3. The fourth-order valence-corrected chi connectivity index (χ4v) is 17.0. The molecule has 133 heavy (non-hydrogen) atoms. The molecule has 7 amide bonds. The Morgan fingerprint density at radius 1 is 0.353 bits per heavy atom.